The van der Waals surface area contributed by atoms with Crippen molar-refractivity contribution in [3.8, 4) is 11.5 Å². The van der Waals surface area contributed by atoms with Crippen molar-refractivity contribution >= 4 is 0 Å². The van der Waals surface area contributed by atoms with Gasteiger partial charge in [-0.25, -0.2) is 0 Å². The van der Waals surface area contributed by atoms with Crippen LogP contribution in [0.15, 0.2) is 48.5 Å². The van der Waals surface area contributed by atoms with E-state index in [9.17, 15) is 0 Å². The summed E-state index contributed by atoms with van der Waals surface area (Å²) in [5, 5.41) is 17.5. The highest BCUT2D eigenvalue weighted by Crippen LogP contribution is 2.53. The molecule has 38 heavy (non-hydrogen) atoms. The van der Waals surface area contributed by atoms with E-state index in [0.717, 1.165) is 24.3 Å². The molecule has 3 rings (SSSR count). The molecule has 2 N–H and O–H groups in total. The molecule has 1 saturated carbocycles. The first-order valence-electron chi connectivity index (χ1n) is 13.8. The zero-order valence-electron chi connectivity index (χ0n) is 23.3. The first kappa shape index (κ1) is 30.4. The second kappa shape index (κ2) is 15.4. The molecule has 212 valence electrons. The van der Waals surface area contributed by atoms with Gasteiger partial charge >= 0.3 is 0 Å². The molecule has 1 aliphatic rings. The van der Waals surface area contributed by atoms with Gasteiger partial charge in [-0.15, -0.1) is 0 Å². The lowest BCUT2D eigenvalue weighted by Crippen LogP contribution is -2.41. The van der Waals surface area contributed by atoms with Crippen LogP contribution < -0.4 is 9.47 Å². The van der Waals surface area contributed by atoms with E-state index in [2.05, 4.69) is 69.3 Å². The van der Waals surface area contributed by atoms with E-state index in [0.29, 0.717) is 58.8 Å². The van der Waals surface area contributed by atoms with Crippen molar-refractivity contribution in [2.75, 3.05) is 66.1 Å². The Hall–Kier alpha value is -2.16. The van der Waals surface area contributed by atoms with Crippen molar-refractivity contribution in [2.45, 2.75) is 45.4 Å². The quantitative estimate of drug-likeness (QED) is 0.289. The zero-order valence-corrected chi connectivity index (χ0v) is 23.3. The van der Waals surface area contributed by atoms with E-state index in [4.69, 9.17) is 33.9 Å². The third kappa shape index (κ3) is 9.24. The Morgan fingerprint density at radius 2 is 1.05 bits per heavy atom. The van der Waals surface area contributed by atoms with Crippen LogP contribution in [0.5, 0.6) is 11.5 Å². The summed E-state index contributed by atoms with van der Waals surface area (Å²) in [6.45, 7) is 10.7. The maximum absolute atomic E-state index is 8.83. The van der Waals surface area contributed by atoms with Gasteiger partial charge in [0.05, 0.1) is 52.9 Å². The van der Waals surface area contributed by atoms with Crippen molar-refractivity contribution in [3.05, 3.63) is 59.7 Å². The van der Waals surface area contributed by atoms with E-state index in [-0.39, 0.29) is 24.0 Å². The fourth-order valence-corrected chi connectivity index (χ4v) is 5.91. The van der Waals surface area contributed by atoms with Gasteiger partial charge in [-0.05, 0) is 66.0 Å². The molecule has 7 nitrogen and oxygen atoms in total. The molecule has 2 atom stereocenters. The normalized spacial score (nSPS) is 20.8. The minimum absolute atomic E-state index is 0.0235. The van der Waals surface area contributed by atoms with Crippen molar-refractivity contribution in [3.63, 3.8) is 0 Å². The Labute approximate surface area is 228 Å². The van der Waals surface area contributed by atoms with Gasteiger partial charge in [-0.2, -0.15) is 0 Å². The third-order valence-corrected chi connectivity index (χ3v) is 7.03. The Kier molecular flexibility index (Phi) is 12.3. The summed E-state index contributed by atoms with van der Waals surface area (Å²) in [5.41, 5.74) is 2.77. The largest absolute Gasteiger partial charge is 0.491 e. The van der Waals surface area contributed by atoms with E-state index < -0.39 is 0 Å². The third-order valence-electron chi connectivity index (χ3n) is 7.03. The number of hydrogen-bond donors (Lipinski definition) is 2. The van der Waals surface area contributed by atoms with Crippen LogP contribution in [0.25, 0.3) is 0 Å². The van der Waals surface area contributed by atoms with Gasteiger partial charge in [0, 0.05) is 5.41 Å². The molecule has 2 aromatic rings. The summed E-state index contributed by atoms with van der Waals surface area (Å²) in [5.74, 6) is 2.26. The van der Waals surface area contributed by atoms with Gasteiger partial charge in [0.2, 0.25) is 0 Å². The van der Waals surface area contributed by atoms with E-state index >= 15 is 0 Å². The average molecular weight is 531 g/mol. The summed E-state index contributed by atoms with van der Waals surface area (Å²) >= 11 is 0. The van der Waals surface area contributed by atoms with E-state index in [1.807, 2.05) is 0 Å². The van der Waals surface area contributed by atoms with Crippen LogP contribution in [0.2, 0.25) is 0 Å². The summed E-state index contributed by atoms with van der Waals surface area (Å²) in [6, 6.07) is 17.1. The molecule has 7 heteroatoms. The minimum atomic E-state index is -0.0832. The topological polar surface area (TPSA) is 86.6 Å². The molecule has 0 amide bonds. The van der Waals surface area contributed by atoms with Crippen LogP contribution >= 0.6 is 0 Å². The van der Waals surface area contributed by atoms with Gasteiger partial charge in [-0.3, -0.25) is 0 Å². The van der Waals surface area contributed by atoms with Gasteiger partial charge in [0.25, 0.3) is 0 Å². The molecular formula is C31H46O7. The second-order valence-electron chi connectivity index (χ2n) is 11.0. The fraction of sp³-hybridized carbons (Fsp3) is 0.613. The zero-order chi connectivity index (χ0) is 27.3. The molecule has 0 bridgehead atoms. The number of aliphatic hydroxyl groups excluding tert-OH is 2. The smallest absolute Gasteiger partial charge is 0.119 e. The molecule has 0 radical (unpaired) electrons. The lowest BCUT2D eigenvalue weighted by Gasteiger charge is -2.48. The monoisotopic (exact) mass is 530 g/mol. The Bertz CT molecular complexity index is 913. The summed E-state index contributed by atoms with van der Waals surface area (Å²) < 4.78 is 27.7. The fourth-order valence-electron chi connectivity index (χ4n) is 5.91. The summed E-state index contributed by atoms with van der Waals surface area (Å²) in [4.78, 5) is 0. The molecule has 2 aromatic carbocycles. The molecule has 0 aliphatic heterocycles. The maximum Gasteiger partial charge on any atom is 0.119 e. The predicted molar refractivity (Wildman–Crippen MR) is 148 cm³/mol. The molecule has 1 aliphatic carbocycles. The predicted octanol–water partition coefficient (Wildman–Crippen LogP) is 4.61. The number of aliphatic hydroxyl groups is 2. The lowest BCUT2D eigenvalue weighted by molar-refractivity contribution is 0.0247. The van der Waals surface area contributed by atoms with Crippen LogP contribution in [0.1, 0.15) is 51.2 Å². The molecule has 0 spiro atoms. The van der Waals surface area contributed by atoms with E-state index in [1.165, 1.54) is 17.5 Å². The second-order valence-corrected chi connectivity index (χ2v) is 11.0. The maximum atomic E-state index is 8.83. The standard InChI is InChI=1S/C31H46O7/c1-25-22-30(2,3)24-31(23-25,26-4-8-28(9-5-26)37-20-18-35-15-13-33)27-6-10-29(11-7-27)38-21-19-36-17-16-34-14-12-32/h4-11,25,32-33H,12-24H2,1-3H3. The number of ether oxygens (including phenoxy) is 5. The Morgan fingerprint density at radius 3 is 1.47 bits per heavy atom. The number of hydrogen-bond acceptors (Lipinski definition) is 7. The minimum Gasteiger partial charge on any atom is -0.491 e. The summed E-state index contributed by atoms with van der Waals surface area (Å²) in [7, 11) is 0. The van der Waals surface area contributed by atoms with Crippen LogP contribution in [0.4, 0.5) is 0 Å². The van der Waals surface area contributed by atoms with Crippen LogP contribution in [-0.2, 0) is 19.6 Å². The van der Waals surface area contributed by atoms with Crippen molar-refractivity contribution in [1.29, 1.82) is 0 Å². The van der Waals surface area contributed by atoms with Gasteiger partial charge in [-0.1, -0.05) is 45.0 Å². The van der Waals surface area contributed by atoms with Crippen LogP contribution in [0, 0.1) is 11.3 Å². The van der Waals surface area contributed by atoms with Crippen LogP contribution in [-0.4, -0.2) is 76.3 Å². The van der Waals surface area contributed by atoms with Crippen molar-refractivity contribution < 1.29 is 33.9 Å². The summed E-state index contributed by atoms with van der Waals surface area (Å²) in [6.07, 6.45) is 3.39. The molecule has 0 saturated heterocycles. The van der Waals surface area contributed by atoms with Gasteiger partial charge in [0.1, 0.15) is 24.7 Å². The van der Waals surface area contributed by atoms with Gasteiger partial charge < -0.3 is 33.9 Å². The molecule has 1 fully saturated rings. The average Bonchev–Trinajstić information content (AvgIpc) is 2.89. The molecule has 0 aromatic heterocycles. The highest BCUT2D eigenvalue weighted by Gasteiger charge is 2.45. The molecular weight excluding hydrogens is 484 g/mol. The highest BCUT2D eigenvalue weighted by molar-refractivity contribution is 5.44. The number of rotatable bonds is 17. The highest BCUT2D eigenvalue weighted by atomic mass is 16.5. The van der Waals surface area contributed by atoms with Crippen molar-refractivity contribution in [1.82, 2.24) is 0 Å². The van der Waals surface area contributed by atoms with E-state index in [1.54, 1.807) is 0 Å². The first-order chi connectivity index (χ1) is 18.4. The lowest BCUT2D eigenvalue weighted by atomic mass is 9.55. The molecule has 2 unspecified atom stereocenters. The first-order valence-corrected chi connectivity index (χ1v) is 13.8. The van der Waals surface area contributed by atoms with Crippen LogP contribution in [0.3, 0.4) is 0 Å². The number of benzene rings is 2. The Balaban J connectivity index is 1.67. The van der Waals surface area contributed by atoms with Gasteiger partial charge in [0.15, 0.2) is 0 Å². The SMILES string of the molecule is CC1CC(C)(C)CC(c2ccc(OCCOCCO)cc2)(c2ccc(OCCOCCOCCO)cc2)C1. The Morgan fingerprint density at radius 1 is 0.632 bits per heavy atom. The molecule has 0 heterocycles. The van der Waals surface area contributed by atoms with Crippen molar-refractivity contribution in [2.24, 2.45) is 11.3 Å².